The van der Waals surface area contributed by atoms with Crippen molar-refractivity contribution in [3.8, 4) is 5.75 Å². The van der Waals surface area contributed by atoms with Crippen molar-refractivity contribution in [2.24, 2.45) is 0 Å². The van der Waals surface area contributed by atoms with E-state index in [1.165, 1.54) is 5.56 Å². The Labute approximate surface area is 106 Å². The number of fused-ring (bicyclic) bond motifs is 1. The molecule has 1 amide bonds. The average molecular weight is 254 g/mol. The number of alkyl halides is 1. The first-order chi connectivity index (χ1) is 8.26. The predicted molar refractivity (Wildman–Crippen MR) is 69.0 cm³/mol. The van der Waals surface area contributed by atoms with Crippen LogP contribution in [0.4, 0.5) is 5.69 Å². The maximum absolute atomic E-state index is 11.8. The largest absolute Gasteiger partial charge is 0.497 e. The number of methoxy groups -OCH3 is 1. The molecule has 0 N–H and O–H groups in total. The quantitative estimate of drug-likeness (QED) is 0.759. The molecule has 0 bridgehead atoms. The van der Waals surface area contributed by atoms with E-state index in [0.717, 1.165) is 37.2 Å². The highest BCUT2D eigenvalue weighted by atomic mass is 35.5. The van der Waals surface area contributed by atoms with Gasteiger partial charge in [-0.15, -0.1) is 11.6 Å². The molecule has 0 atom stereocenters. The van der Waals surface area contributed by atoms with Gasteiger partial charge in [-0.05, 0) is 43.0 Å². The molecular weight excluding hydrogens is 238 g/mol. The molecule has 0 fully saturated rings. The van der Waals surface area contributed by atoms with Gasteiger partial charge >= 0.3 is 0 Å². The minimum Gasteiger partial charge on any atom is -0.497 e. The van der Waals surface area contributed by atoms with Gasteiger partial charge in [0.1, 0.15) is 11.6 Å². The minimum atomic E-state index is -0.0278. The molecule has 1 heterocycles. The highest BCUT2D eigenvalue weighted by Crippen LogP contribution is 2.30. The third-order valence-corrected chi connectivity index (χ3v) is 3.30. The van der Waals surface area contributed by atoms with Gasteiger partial charge in [0, 0.05) is 12.2 Å². The Kier molecular flexibility index (Phi) is 3.89. The first-order valence-electron chi connectivity index (χ1n) is 5.79. The SMILES string of the molecule is COc1ccc2c(c1)CCCCN2C(=O)CCl. The maximum Gasteiger partial charge on any atom is 0.241 e. The van der Waals surface area contributed by atoms with E-state index in [2.05, 4.69) is 0 Å². The number of carbonyl (C=O) groups is 1. The molecule has 1 aromatic rings. The molecule has 0 aliphatic carbocycles. The van der Waals surface area contributed by atoms with Gasteiger partial charge in [0.15, 0.2) is 0 Å². The van der Waals surface area contributed by atoms with Gasteiger partial charge in [0.2, 0.25) is 5.91 Å². The van der Waals surface area contributed by atoms with Crippen LogP contribution in [0.1, 0.15) is 18.4 Å². The number of aryl methyl sites for hydroxylation is 1. The standard InChI is InChI=1S/C13H16ClNO2/c1-17-11-5-6-12-10(8-11)4-2-3-7-15(12)13(16)9-14/h5-6,8H,2-4,7,9H2,1H3. The number of carbonyl (C=O) groups excluding carboxylic acids is 1. The van der Waals surface area contributed by atoms with Crippen LogP contribution in [-0.4, -0.2) is 25.4 Å². The zero-order valence-electron chi connectivity index (χ0n) is 9.91. The molecule has 1 aromatic carbocycles. The Morgan fingerprint density at radius 3 is 3.00 bits per heavy atom. The Morgan fingerprint density at radius 1 is 1.47 bits per heavy atom. The second kappa shape index (κ2) is 5.41. The van der Waals surface area contributed by atoms with Crippen LogP contribution >= 0.6 is 11.6 Å². The smallest absolute Gasteiger partial charge is 0.241 e. The summed E-state index contributed by atoms with van der Waals surface area (Å²) in [5, 5.41) is 0. The molecule has 0 saturated heterocycles. The molecule has 1 aliphatic rings. The highest BCUT2D eigenvalue weighted by Gasteiger charge is 2.20. The third-order valence-electron chi connectivity index (χ3n) is 3.07. The normalized spacial score (nSPS) is 15.1. The van der Waals surface area contributed by atoms with Crippen LogP contribution in [0.25, 0.3) is 0 Å². The van der Waals surface area contributed by atoms with Crippen LogP contribution in [0.5, 0.6) is 5.75 Å². The van der Waals surface area contributed by atoms with E-state index in [1.807, 2.05) is 18.2 Å². The van der Waals surface area contributed by atoms with Crippen molar-refractivity contribution in [3.63, 3.8) is 0 Å². The highest BCUT2D eigenvalue weighted by molar-refractivity contribution is 6.29. The monoisotopic (exact) mass is 253 g/mol. The number of hydrogen-bond acceptors (Lipinski definition) is 2. The van der Waals surface area contributed by atoms with E-state index in [4.69, 9.17) is 16.3 Å². The van der Waals surface area contributed by atoms with Crippen LogP contribution in [-0.2, 0) is 11.2 Å². The second-order valence-electron chi connectivity index (χ2n) is 4.13. The minimum absolute atomic E-state index is 0.0278. The summed E-state index contributed by atoms with van der Waals surface area (Å²) >= 11 is 5.65. The molecule has 0 unspecified atom stereocenters. The topological polar surface area (TPSA) is 29.5 Å². The van der Waals surface area contributed by atoms with Gasteiger partial charge in [-0.2, -0.15) is 0 Å². The molecule has 0 spiro atoms. The Bertz CT molecular complexity index is 420. The van der Waals surface area contributed by atoms with Crippen molar-refractivity contribution in [1.29, 1.82) is 0 Å². The first kappa shape index (κ1) is 12.2. The summed E-state index contributed by atoms with van der Waals surface area (Å²) in [6.45, 7) is 0.755. The van der Waals surface area contributed by atoms with Crippen molar-refractivity contribution in [2.45, 2.75) is 19.3 Å². The molecule has 1 aliphatic heterocycles. The van der Waals surface area contributed by atoms with Crippen LogP contribution in [0.2, 0.25) is 0 Å². The summed E-state index contributed by atoms with van der Waals surface area (Å²) < 4.78 is 5.21. The number of hydrogen-bond donors (Lipinski definition) is 0. The first-order valence-corrected chi connectivity index (χ1v) is 6.33. The maximum atomic E-state index is 11.8. The van der Waals surface area contributed by atoms with E-state index in [-0.39, 0.29) is 11.8 Å². The summed E-state index contributed by atoms with van der Waals surface area (Å²) in [5.74, 6) is 0.842. The van der Waals surface area contributed by atoms with E-state index in [9.17, 15) is 4.79 Å². The molecule has 0 aromatic heterocycles. The van der Waals surface area contributed by atoms with E-state index < -0.39 is 0 Å². The van der Waals surface area contributed by atoms with Gasteiger partial charge in [0.05, 0.1) is 7.11 Å². The summed E-state index contributed by atoms with van der Waals surface area (Å²) in [6, 6.07) is 5.85. The Hall–Kier alpha value is -1.22. The fourth-order valence-corrected chi connectivity index (χ4v) is 2.33. The Morgan fingerprint density at radius 2 is 2.29 bits per heavy atom. The number of nitrogens with zero attached hydrogens (tertiary/aromatic N) is 1. The van der Waals surface area contributed by atoms with Gasteiger partial charge in [0.25, 0.3) is 0 Å². The van der Waals surface area contributed by atoms with Crippen LogP contribution in [0, 0.1) is 0 Å². The van der Waals surface area contributed by atoms with Gasteiger partial charge in [-0.25, -0.2) is 0 Å². The van der Waals surface area contributed by atoms with Crippen molar-refractivity contribution in [2.75, 3.05) is 24.4 Å². The lowest BCUT2D eigenvalue weighted by Gasteiger charge is -2.22. The number of ether oxygens (including phenoxy) is 1. The predicted octanol–water partition coefficient (Wildman–Crippen LogP) is 2.60. The van der Waals surface area contributed by atoms with Gasteiger partial charge < -0.3 is 9.64 Å². The second-order valence-corrected chi connectivity index (χ2v) is 4.40. The lowest BCUT2D eigenvalue weighted by atomic mass is 10.1. The van der Waals surface area contributed by atoms with E-state index in [1.54, 1.807) is 12.0 Å². The van der Waals surface area contributed by atoms with E-state index >= 15 is 0 Å². The van der Waals surface area contributed by atoms with Crippen molar-refractivity contribution in [3.05, 3.63) is 23.8 Å². The lowest BCUT2D eigenvalue weighted by Crippen LogP contribution is -2.32. The molecule has 4 heteroatoms. The molecule has 17 heavy (non-hydrogen) atoms. The van der Waals surface area contributed by atoms with Crippen molar-refractivity contribution in [1.82, 2.24) is 0 Å². The molecule has 0 saturated carbocycles. The van der Waals surface area contributed by atoms with Crippen LogP contribution in [0.15, 0.2) is 18.2 Å². The summed E-state index contributed by atoms with van der Waals surface area (Å²) in [7, 11) is 1.65. The number of halogens is 1. The zero-order chi connectivity index (χ0) is 12.3. The number of amides is 1. The fourth-order valence-electron chi connectivity index (χ4n) is 2.19. The molecule has 0 radical (unpaired) electrons. The average Bonchev–Trinajstić information content (AvgIpc) is 2.59. The lowest BCUT2D eigenvalue weighted by molar-refractivity contribution is -0.116. The fraction of sp³-hybridized carbons (Fsp3) is 0.462. The zero-order valence-corrected chi connectivity index (χ0v) is 10.7. The number of benzene rings is 1. The van der Waals surface area contributed by atoms with Crippen molar-refractivity contribution >= 4 is 23.2 Å². The number of anilines is 1. The molecule has 3 nitrogen and oxygen atoms in total. The van der Waals surface area contributed by atoms with Crippen LogP contribution in [0.3, 0.4) is 0 Å². The summed E-state index contributed by atoms with van der Waals surface area (Å²) in [4.78, 5) is 13.6. The van der Waals surface area contributed by atoms with Gasteiger partial charge in [-0.3, -0.25) is 4.79 Å². The van der Waals surface area contributed by atoms with Crippen molar-refractivity contribution < 1.29 is 9.53 Å². The van der Waals surface area contributed by atoms with Gasteiger partial charge in [-0.1, -0.05) is 0 Å². The summed E-state index contributed by atoms with van der Waals surface area (Å²) in [6.07, 6.45) is 3.09. The number of rotatable bonds is 2. The molecular formula is C13H16ClNO2. The summed E-state index contributed by atoms with van der Waals surface area (Å²) in [5.41, 5.74) is 2.15. The van der Waals surface area contributed by atoms with Crippen LogP contribution < -0.4 is 9.64 Å². The third kappa shape index (κ3) is 2.55. The van der Waals surface area contributed by atoms with E-state index in [0.29, 0.717) is 0 Å². The molecule has 2 rings (SSSR count). The Balaban J connectivity index is 2.38. The molecule has 92 valence electrons.